The summed E-state index contributed by atoms with van der Waals surface area (Å²) in [5.74, 6) is -3.91. The van der Waals surface area contributed by atoms with E-state index in [1.165, 1.54) is 7.11 Å². The molecule has 0 saturated carbocycles. The summed E-state index contributed by atoms with van der Waals surface area (Å²) in [6.45, 7) is -6.47. The molecule has 0 aliphatic carbocycles. The molecule has 0 radical (unpaired) electrons. The number of ether oxygens (including phenoxy) is 1. The van der Waals surface area contributed by atoms with E-state index in [2.05, 4.69) is 0 Å². The van der Waals surface area contributed by atoms with Gasteiger partial charge in [-0.15, -0.1) is 0 Å². The van der Waals surface area contributed by atoms with Crippen LogP contribution in [0.4, 0.5) is 0 Å². The van der Waals surface area contributed by atoms with Crippen molar-refractivity contribution in [1.82, 2.24) is 0 Å². The van der Waals surface area contributed by atoms with E-state index in [4.69, 9.17) is 22.9 Å². The minimum absolute atomic E-state index is 0.113. The third kappa shape index (κ3) is 3.33. The SMILES string of the molecule is [2H]C(Cc1c(O)c([2H])c(O)c2c(=O)c(O)c(-c3c([2H])cc(OC)cc3[2H])oc12)=C(C([2H])([2H])[2H])C([2H])([2H])[2H]. The lowest BCUT2D eigenvalue weighted by molar-refractivity contribution is 0.414. The molecule has 6 heteroatoms. The molecule has 0 aliphatic heterocycles. The minimum atomic E-state index is -3.23. The lowest BCUT2D eigenvalue weighted by atomic mass is 10.0. The Kier molecular flexibility index (Phi) is 2.49. The third-order valence-corrected chi connectivity index (χ3v) is 3.74. The average Bonchev–Trinajstić information content (AvgIpc) is 2.75. The fourth-order valence-electron chi connectivity index (χ4n) is 2.44. The lowest BCUT2D eigenvalue weighted by Gasteiger charge is -2.12. The second kappa shape index (κ2) is 7.07. The standard InChI is InChI=1S/C21H20O6/c1-11(2)4-9-14-15(22)10-16(23)17-18(24)19(25)20(27-21(14)17)12-5-7-13(26-3)8-6-12/h4-8,10,22-23,25H,9H2,1-3H3/i1D3,2D3,4D,5D,6D,10D. The van der Waals surface area contributed by atoms with Crippen LogP contribution >= 0.6 is 0 Å². The molecule has 1 aromatic heterocycles. The first-order chi connectivity index (χ1) is 16.9. The topological polar surface area (TPSA) is 100 Å². The van der Waals surface area contributed by atoms with Gasteiger partial charge in [0.2, 0.25) is 11.2 Å². The molecular weight excluding hydrogens is 348 g/mol. The molecule has 3 rings (SSSR count). The molecule has 0 fully saturated rings. The van der Waals surface area contributed by atoms with Crippen LogP contribution in [-0.2, 0) is 6.42 Å². The van der Waals surface area contributed by atoms with Crippen molar-refractivity contribution >= 4 is 11.0 Å². The van der Waals surface area contributed by atoms with Gasteiger partial charge in [-0.1, -0.05) is 11.6 Å². The van der Waals surface area contributed by atoms with Crippen molar-refractivity contribution in [3.05, 3.63) is 57.7 Å². The van der Waals surface area contributed by atoms with Gasteiger partial charge in [-0.3, -0.25) is 4.79 Å². The molecule has 27 heavy (non-hydrogen) atoms. The number of rotatable bonds is 4. The van der Waals surface area contributed by atoms with Crippen molar-refractivity contribution in [3.8, 4) is 34.3 Å². The summed E-state index contributed by atoms with van der Waals surface area (Å²) >= 11 is 0. The number of benzene rings is 2. The van der Waals surface area contributed by atoms with Crippen molar-refractivity contribution in [2.75, 3.05) is 7.11 Å². The number of aromatic hydroxyl groups is 3. The predicted molar refractivity (Wildman–Crippen MR) is 103 cm³/mol. The monoisotopic (exact) mass is 378 g/mol. The highest BCUT2D eigenvalue weighted by Crippen LogP contribution is 2.38. The minimum Gasteiger partial charge on any atom is -0.507 e. The fraction of sp³-hybridized carbons (Fsp3) is 0.190. The summed E-state index contributed by atoms with van der Waals surface area (Å²) in [5.41, 5.74) is -4.24. The zero-order chi connectivity index (χ0) is 28.2. The highest BCUT2D eigenvalue weighted by Gasteiger charge is 2.22. The van der Waals surface area contributed by atoms with E-state index in [0.717, 1.165) is 12.1 Å². The maximum atomic E-state index is 13.0. The lowest BCUT2D eigenvalue weighted by Crippen LogP contribution is -2.05. The molecule has 140 valence electrons. The maximum absolute atomic E-state index is 13.0. The van der Waals surface area contributed by atoms with E-state index < -0.39 is 94.8 Å². The number of hydrogen-bond donors (Lipinski definition) is 3. The number of methoxy groups -OCH3 is 1. The van der Waals surface area contributed by atoms with Crippen molar-refractivity contribution in [2.45, 2.75) is 20.1 Å². The Morgan fingerprint density at radius 3 is 2.63 bits per heavy atom. The Balaban J connectivity index is 2.47. The van der Waals surface area contributed by atoms with Gasteiger partial charge in [0.05, 0.1) is 12.6 Å². The first-order valence-electron chi connectivity index (χ1n) is 12.5. The molecule has 2 aromatic carbocycles. The zero-order valence-corrected chi connectivity index (χ0v) is 13.9. The quantitative estimate of drug-likeness (QED) is 0.591. The van der Waals surface area contributed by atoms with Crippen LogP contribution in [0.5, 0.6) is 23.0 Å². The summed E-state index contributed by atoms with van der Waals surface area (Å²) in [6, 6.07) is -0.534. The molecule has 0 bridgehead atoms. The van der Waals surface area contributed by atoms with E-state index in [-0.39, 0.29) is 11.3 Å². The molecule has 0 atom stereocenters. The van der Waals surface area contributed by atoms with Crippen LogP contribution in [0, 0.1) is 0 Å². The summed E-state index contributed by atoms with van der Waals surface area (Å²) < 4.78 is 88.1. The molecule has 0 amide bonds. The van der Waals surface area contributed by atoms with Gasteiger partial charge >= 0.3 is 0 Å². The summed E-state index contributed by atoms with van der Waals surface area (Å²) in [4.78, 5) is 13.0. The van der Waals surface area contributed by atoms with Crippen LogP contribution in [0.3, 0.4) is 0 Å². The van der Waals surface area contributed by atoms with Crippen LogP contribution < -0.4 is 10.2 Å². The van der Waals surface area contributed by atoms with Gasteiger partial charge in [-0.2, -0.15) is 0 Å². The van der Waals surface area contributed by atoms with Gasteiger partial charge in [0, 0.05) is 25.4 Å². The van der Waals surface area contributed by atoms with Crippen molar-refractivity contribution in [2.24, 2.45) is 0 Å². The number of phenols is 2. The number of allylic oxidation sites excluding steroid dienone is 2. The normalized spacial score (nSPS) is 17.1. The van der Waals surface area contributed by atoms with Crippen LogP contribution in [0.25, 0.3) is 22.3 Å². The highest BCUT2D eigenvalue weighted by atomic mass is 16.5. The van der Waals surface area contributed by atoms with Gasteiger partial charge in [-0.05, 0) is 44.3 Å². The Hall–Kier alpha value is -3.41. The van der Waals surface area contributed by atoms with Crippen LogP contribution in [0.15, 0.2) is 51.1 Å². The van der Waals surface area contributed by atoms with E-state index in [1.807, 2.05) is 0 Å². The highest BCUT2D eigenvalue weighted by molar-refractivity contribution is 5.91. The van der Waals surface area contributed by atoms with E-state index in [0.29, 0.717) is 0 Å². The molecule has 0 saturated heterocycles. The van der Waals surface area contributed by atoms with Gasteiger partial charge in [0.15, 0.2) is 5.76 Å². The molecule has 1 heterocycles. The smallest absolute Gasteiger partial charge is 0.238 e. The molecule has 0 spiro atoms. The molecule has 3 aromatic rings. The second-order valence-corrected chi connectivity index (χ2v) is 5.40. The zero-order valence-electron chi connectivity index (χ0n) is 23.9. The molecule has 0 unspecified atom stereocenters. The summed E-state index contributed by atoms with van der Waals surface area (Å²) in [5, 5.41) is 30.7. The van der Waals surface area contributed by atoms with Gasteiger partial charge in [0.1, 0.15) is 28.2 Å². The Labute approximate surface area is 169 Å². The van der Waals surface area contributed by atoms with Gasteiger partial charge < -0.3 is 24.5 Å². The van der Waals surface area contributed by atoms with Crippen LogP contribution in [0.2, 0.25) is 0 Å². The molecule has 6 nitrogen and oxygen atoms in total. The van der Waals surface area contributed by atoms with Crippen LogP contribution in [-0.4, -0.2) is 22.4 Å². The average molecular weight is 378 g/mol. The molecule has 3 N–H and O–H groups in total. The van der Waals surface area contributed by atoms with Gasteiger partial charge in [0.25, 0.3) is 0 Å². The van der Waals surface area contributed by atoms with Crippen molar-refractivity contribution in [1.29, 1.82) is 0 Å². The van der Waals surface area contributed by atoms with Crippen LogP contribution in [0.1, 0.15) is 33.0 Å². The number of hydrogen-bond acceptors (Lipinski definition) is 6. The number of fused-ring (bicyclic) bond motifs is 1. The molecular formula is C21H20O6. The summed E-state index contributed by atoms with van der Waals surface area (Å²) in [6.07, 6.45) is -0.960. The second-order valence-electron chi connectivity index (χ2n) is 5.40. The fourth-order valence-corrected chi connectivity index (χ4v) is 2.44. The van der Waals surface area contributed by atoms with E-state index in [9.17, 15) is 20.1 Å². The number of phenolic OH excluding ortho intramolecular Hbond substituents is 2. The van der Waals surface area contributed by atoms with Crippen molar-refractivity contribution in [3.63, 3.8) is 0 Å². The Morgan fingerprint density at radius 1 is 1.30 bits per heavy atom. The predicted octanol–water partition coefficient (Wildman–Crippen LogP) is 4.09. The van der Waals surface area contributed by atoms with Gasteiger partial charge in [-0.25, -0.2) is 0 Å². The van der Waals surface area contributed by atoms with Crippen molar-refractivity contribution < 1.29 is 38.2 Å². The maximum Gasteiger partial charge on any atom is 0.238 e. The van der Waals surface area contributed by atoms with E-state index in [1.54, 1.807) is 0 Å². The first-order valence-corrected chi connectivity index (χ1v) is 7.51. The Morgan fingerprint density at radius 2 is 2.00 bits per heavy atom. The first kappa shape index (κ1) is 9.50. The molecule has 0 aliphatic rings. The third-order valence-electron chi connectivity index (χ3n) is 3.74. The largest absolute Gasteiger partial charge is 0.507 e. The summed E-state index contributed by atoms with van der Waals surface area (Å²) in [7, 11) is 1.29. The van der Waals surface area contributed by atoms with E-state index >= 15 is 0 Å². The Bertz CT molecular complexity index is 1460.